The fourth-order valence-electron chi connectivity index (χ4n) is 2.32. The van der Waals surface area contributed by atoms with Crippen molar-refractivity contribution in [2.45, 2.75) is 19.9 Å². The van der Waals surface area contributed by atoms with Crippen LogP contribution in [-0.4, -0.2) is 42.1 Å². The molecule has 2 rings (SSSR count). The minimum absolute atomic E-state index is 0.134. The summed E-state index contributed by atoms with van der Waals surface area (Å²) in [5, 5.41) is 2.58. The van der Waals surface area contributed by atoms with Gasteiger partial charge in [-0.05, 0) is 26.0 Å². The van der Waals surface area contributed by atoms with Gasteiger partial charge in [0.25, 0.3) is 5.91 Å². The lowest BCUT2D eigenvalue weighted by Crippen LogP contribution is -2.45. The summed E-state index contributed by atoms with van der Waals surface area (Å²) in [6.45, 7) is 3.47. The molecular weight excluding hydrogens is 316 g/mol. The van der Waals surface area contributed by atoms with E-state index in [-0.39, 0.29) is 24.1 Å². The minimum Gasteiger partial charge on any atom is -0.343 e. The van der Waals surface area contributed by atoms with Crippen molar-refractivity contribution < 1.29 is 14.4 Å². The molecule has 1 atom stereocenters. The van der Waals surface area contributed by atoms with Crippen LogP contribution < -0.4 is 5.32 Å². The van der Waals surface area contributed by atoms with Gasteiger partial charge in [-0.15, -0.1) is 0 Å². The number of aryl methyl sites for hydroxylation is 1. The second-order valence-electron chi connectivity index (χ2n) is 5.96. The van der Waals surface area contributed by atoms with Gasteiger partial charge in [0.1, 0.15) is 0 Å². The number of hydrogen-bond acceptors (Lipinski definition) is 3. The normalized spacial score (nSPS) is 11.5. The van der Waals surface area contributed by atoms with E-state index in [2.05, 4.69) is 5.32 Å². The Bertz CT molecular complexity index is 754. The molecule has 0 aliphatic rings. The van der Waals surface area contributed by atoms with Crippen LogP contribution in [-0.2, 0) is 4.79 Å². The van der Waals surface area contributed by atoms with Gasteiger partial charge < -0.3 is 10.2 Å². The molecule has 2 amide bonds. The van der Waals surface area contributed by atoms with Crippen LogP contribution in [0.3, 0.4) is 0 Å². The molecular formula is C20H22N2O3. The van der Waals surface area contributed by atoms with Crippen molar-refractivity contribution in [1.82, 2.24) is 10.2 Å². The summed E-state index contributed by atoms with van der Waals surface area (Å²) in [6.07, 6.45) is 0. The van der Waals surface area contributed by atoms with Crippen molar-refractivity contribution in [3.63, 3.8) is 0 Å². The van der Waals surface area contributed by atoms with Crippen LogP contribution in [0.15, 0.2) is 54.6 Å². The summed E-state index contributed by atoms with van der Waals surface area (Å²) in [5.74, 6) is -0.776. The Labute approximate surface area is 147 Å². The summed E-state index contributed by atoms with van der Waals surface area (Å²) in [7, 11) is 1.56. The zero-order chi connectivity index (χ0) is 18.4. The number of ketones is 1. The number of rotatable bonds is 6. The van der Waals surface area contributed by atoms with Crippen molar-refractivity contribution in [1.29, 1.82) is 0 Å². The predicted molar refractivity (Wildman–Crippen MR) is 96.5 cm³/mol. The molecule has 0 spiro atoms. The molecule has 0 saturated carbocycles. The Hall–Kier alpha value is -2.95. The molecule has 0 bridgehead atoms. The summed E-state index contributed by atoms with van der Waals surface area (Å²) >= 11 is 0. The molecule has 5 heteroatoms. The quantitative estimate of drug-likeness (QED) is 0.823. The van der Waals surface area contributed by atoms with Gasteiger partial charge in [0.05, 0.1) is 12.6 Å². The van der Waals surface area contributed by atoms with E-state index in [1.807, 2.05) is 25.1 Å². The third-order valence-corrected chi connectivity index (χ3v) is 4.13. The monoisotopic (exact) mass is 338 g/mol. The van der Waals surface area contributed by atoms with Gasteiger partial charge in [-0.3, -0.25) is 14.4 Å². The lowest BCUT2D eigenvalue weighted by molar-refractivity contribution is -0.129. The predicted octanol–water partition coefficient (Wildman–Crippen LogP) is 2.45. The molecule has 0 heterocycles. The topological polar surface area (TPSA) is 66.5 Å². The maximum absolute atomic E-state index is 12.5. The fourth-order valence-corrected chi connectivity index (χ4v) is 2.32. The Morgan fingerprint density at radius 3 is 2.16 bits per heavy atom. The molecule has 0 aliphatic carbocycles. The highest BCUT2D eigenvalue weighted by Crippen LogP contribution is 2.10. The van der Waals surface area contributed by atoms with E-state index in [4.69, 9.17) is 0 Å². The molecule has 0 radical (unpaired) electrons. The number of nitrogens with one attached hydrogen (secondary N) is 1. The number of hydrogen-bond donors (Lipinski definition) is 1. The van der Waals surface area contributed by atoms with Crippen LogP contribution in [0.5, 0.6) is 0 Å². The SMILES string of the molecule is Cc1ccc(C(=O)C(C)N(C)C(=O)CNC(=O)c2ccccc2)cc1. The zero-order valence-corrected chi connectivity index (χ0v) is 14.7. The first-order valence-electron chi connectivity index (χ1n) is 8.10. The Balaban J connectivity index is 1.93. The summed E-state index contributed by atoms with van der Waals surface area (Å²) in [6, 6.07) is 15.3. The number of amides is 2. The average molecular weight is 338 g/mol. The lowest BCUT2D eigenvalue weighted by atomic mass is 10.0. The smallest absolute Gasteiger partial charge is 0.251 e. The standard InChI is InChI=1S/C20H22N2O3/c1-14-9-11-16(12-10-14)19(24)15(2)22(3)18(23)13-21-20(25)17-7-5-4-6-8-17/h4-12,15H,13H2,1-3H3,(H,21,25). The van der Waals surface area contributed by atoms with Gasteiger partial charge in [0.2, 0.25) is 5.91 Å². The van der Waals surface area contributed by atoms with E-state index in [0.29, 0.717) is 11.1 Å². The van der Waals surface area contributed by atoms with Crippen LogP contribution in [0.2, 0.25) is 0 Å². The molecule has 2 aromatic rings. The maximum Gasteiger partial charge on any atom is 0.251 e. The molecule has 0 aliphatic heterocycles. The molecule has 5 nitrogen and oxygen atoms in total. The molecule has 0 aromatic heterocycles. The van der Waals surface area contributed by atoms with Gasteiger partial charge >= 0.3 is 0 Å². The molecule has 130 valence electrons. The Kier molecular flexibility index (Phi) is 6.06. The van der Waals surface area contributed by atoms with Gasteiger partial charge in [0.15, 0.2) is 5.78 Å². The van der Waals surface area contributed by atoms with Crippen molar-refractivity contribution in [3.8, 4) is 0 Å². The van der Waals surface area contributed by atoms with E-state index < -0.39 is 6.04 Å². The summed E-state index contributed by atoms with van der Waals surface area (Å²) < 4.78 is 0. The number of likely N-dealkylation sites (N-methyl/N-ethyl adjacent to an activating group) is 1. The molecule has 25 heavy (non-hydrogen) atoms. The Morgan fingerprint density at radius 1 is 0.960 bits per heavy atom. The van der Waals surface area contributed by atoms with E-state index in [1.165, 1.54) is 4.90 Å². The largest absolute Gasteiger partial charge is 0.343 e. The van der Waals surface area contributed by atoms with Gasteiger partial charge in [-0.25, -0.2) is 0 Å². The summed E-state index contributed by atoms with van der Waals surface area (Å²) in [4.78, 5) is 38.1. The molecule has 1 unspecified atom stereocenters. The van der Waals surface area contributed by atoms with E-state index in [9.17, 15) is 14.4 Å². The first kappa shape index (κ1) is 18.4. The van der Waals surface area contributed by atoms with Crippen molar-refractivity contribution in [2.75, 3.05) is 13.6 Å². The first-order chi connectivity index (χ1) is 11.9. The summed E-state index contributed by atoms with van der Waals surface area (Å²) in [5.41, 5.74) is 2.12. The first-order valence-corrected chi connectivity index (χ1v) is 8.10. The third-order valence-electron chi connectivity index (χ3n) is 4.13. The van der Waals surface area contributed by atoms with Crippen LogP contribution in [0.25, 0.3) is 0 Å². The highest BCUT2D eigenvalue weighted by atomic mass is 16.2. The number of Topliss-reactive ketones (excluding diaryl/α,β-unsaturated/α-hetero) is 1. The minimum atomic E-state index is -0.608. The Morgan fingerprint density at radius 2 is 1.56 bits per heavy atom. The molecule has 0 saturated heterocycles. The highest BCUT2D eigenvalue weighted by molar-refractivity contribution is 6.02. The van der Waals surface area contributed by atoms with Crippen LogP contribution in [0.4, 0.5) is 0 Å². The second kappa shape index (κ2) is 8.24. The zero-order valence-electron chi connectivity index (χ0n) is 14.7. The number of carbonyl (C=O) groups is 3. The highest BCUT2D eigenvalue weighted by Gasteiger charge is 2.23. The lowest BCUT2D eigenvalue weighted by Gasteiger charge is -2.24. The van der Waals surface area contributed by atoms with Crippen LogP contribution in [0, 0.1) is 6.92 Å². The van der Waals surface area contributed by atoms with Gasteiger partial charge in [-0.2, -0.15) is 0 Å². The van der Waals surface area contributed by atoms with Crippen molar-refractivity contribution >= 4 is 17.6 Å². The maximum atomic E-state index is 12.5. The molecule has 0 fully saturated rings. The van der Waals surface area contributed by atoms with Crippen LogP contribution >= 0.6 is 0 Å². The van der Waals surface area contributed by atoms with E-state index >= 15 is 0 Å². The molecule has 2 aromatic carbocycles. The fraction of sp³-hybridized carbons (Fsp3) is 0.250. The van der Waals surface area contributed by atoms with Crippen LogP contribution in [0.1, 0.15) is 33.2 Å². The van der Waals surface area contributed by atoms with Gasteiger partial charge in [-0.1, -0.05) is 48.0 Å². The molecule has 1 N–H and O–H groups in total. The second-order valence-corrected chi connectivity index (χ2v) is 5.96. The van der Waals surface area contributed by atoms with Crippen molar-refractivity contribution in [3.05, 3.63) is 71.3 Å². The van der Waals surface area contributed by atoms with E-state index in [0.717, 1.165) is 5.56 Å². The van der Waals surface area contributed by atoms with Crippen molar-refractivity contribution in [2.24, 2.45) is 0 Å². The third kappa shape index (κ3) is 4.76. The number of carbonyl (C=O) groups excluding carboxylic acids is 3. The average Bonchev–Trinajstić information content (AvgIpc) is 2.65. The number of benzene rings is 2. The van der Waals surface area contributed by atoms with E-state index in [1.54, 1.807) is 50.4 Å². The van der Waals surface area contributed by atoms with Gasteiger partial charge in [0, 0.05) is 18.2 Å². The number of nitrogens with zero attached hydrogens (tertiary/aromatic N) is 1.